The van der Waals surface area contributed by atoms with E-state index in [0.29, 0.717) is 0 Å². The topological polar surface area (TPSA) is 40.5 Å². The van der Waals surface area contributed by atoms with Crippen molar-refractivity contribution in [3.05, 3.63) is 35.4 Å². The van der Waals surface area contributed by atoms with Gasteiger partial charge in [0.1, 0.15) is 0 Å². The summed E-state index contributed by atoms with van der Waals surface area (Å²) in [7, 11) is 0. The molecule has 0 saturated heterocycles. The Balaban J connectivity index is 2.97. The van der Waals surface area contributed by atoms with Crippen molar-refractivity contribution in [3.63, 3.8) is 0 Å². The maximum Gasteiger partial charge on any atom is 0.328 e. The van der Waals surface area contributed by atoms with Crippen LogP contribution in [0.5, 0.6) is 0 Å². The van der Waals surface area contributed by atoms with Gasteiger partial charge in [-0.25, -0.2) is 4.79 Å². The van der Waals surface area contributed by atoms with Gasteiger partial charge in [0, 0.05) is 24.9 Å². The molecule has 0 spiro atoms. The van der Waals surface area contributed by atoms with Crippen LogP contribution < -0.4 is 4.90 Å². The van der Waals surface area contributed by atoms with E-state index in [-0.39, 0.29) is 0 Å². The van der Waals surface area contributed by atoms with Crippen LogP contribution in [-0.2, 0) is 4.79 Å². The highest BCUT2D eigenvalue weighted by atomic mass is 16.4. The Hall–Kier alpha value is -1.77. The molecule has 0 heterocycles. The smallest absolute Gasteiger partial charge is 0.328 e. The second kappa shape index (κ2) is 6.09. The molecule has 1 aromatic rings. The van der Waals surface area contributed by atoms with Crippen LogP contribution in [0.3, 0.4) is 0 Å². The first-order valence-corrected chi connectivity index (χ1v) is 5.85. The highest BCUT2D eigenvalue weighted by molar-refractivity contribution is 5.85. The van der Waals surface area contributed by atoms with Crippen molar-refractivity contribution in [1.82, 2.24) is 0 Å². The van der Waals surface area contributed by atoms with Gasteiger partial charge in [-0.2, -0.15) is 0 Å². The number of carboxylic acids is 1. The van der Waals surface area contributed by atoms with Gasteiger partial charge in [-0.1, -0.05) is 6.07 Å². The molecular formula is C14H19NO2. The van der Waals surface area contributed by atoms with Crippen molar-refractivity contribution in [2.24, 2.45) is 0 Å². The number of hydrogen-bond acceptors (Lipinski definition) is 2. The fourth-order valence-electron chi connectivity index (χ4n) is 1.79. The SMILES string of the molecule is CCN(CC)c1ccc(C=CC(=O)O)c(C)c1. The molecule has 0 aliphatic heterocycles. The van der Waals surface area contributed by atoms with Crippen molar-refractivity contribution in [3.8, 4) is 0 Å². The van der Waals surface area contributed by atoms with Crippen LogP contribution in [0.2, 0.25) is 0 Å². The summed E-state index contributed by atoms with van der Waals surface area (Å²) in [6, 6.07) is 6.08. The molecule has 1 rings (SSSR count). The van der Waals surface area contributed by atoms with Crippen molar-refractivity contribution in [2.45, 2.75) is 20.8 Å². The molecule has 0 unspecified atom stereocenters. The number of carbonyl (C=O) groups is 1. The van der Waals surface area contributed by atoms with E-state index < -0.39 is 5.97 Å². The van der Waals surface area contributed by atoms with Gasteiger partial charge in [-0.15, -0.1) is 0 Å². The Kier molecular flexibility index (Phi) is 4.76. The second-order valence-corrected chi connectivity index (χ2v) is 3.88. The van der Waals surface area contributed by atoms with E-state index in [0.717, 1.165) is 24.2 Å². The standard InChI is InChI=1S/C14H19NO2/c1-4-15(5-2)13-8-6-12(11(3)10-13)7-9-14(16)17/h6-10H,4-5H2,1-3H3,(H,16,17). The molecule has 0 saturated carbocycles. The van der Waals surface area contributed by atoms with Gasteiger partial charge in [-0.05, 0) is 50.1 Å². The molecular weight excluding hydrogens is 214 g/mol. The zero-order valence-corrected chi connectivity index (χ0v) is 10.6. The minimum Gasteiger partial charge on any atom is -0.478 e. The van der Waals surface area contributed by atoms with E-state index in [1.54, 1.807) is 6.08 Å². The predicted molar refractivity (Wildman–Crippen MR) is 71.4 cm³/mol. The number of aliphatic carboxylic acids is 1. The Morgan fingerprint density at radius 3 is 2.47 bits per heavy atom. The van der Waals surface area contributed by atoms with E-state index in [2.05, 4.69) is 24.8 Å². The molecule has 1 aromatic carbocycles. The third-order valence-corrected chi connectivity index (χ3v) is 2.79. The van der Waals surface area contributed by atoms with Crippen LogP contribution in [-0.4, -0.2) is 24.2 Å². The summed E-state index contributed by atoms with van der Waals surface area (Å²) >= 11 is 0. The minimum atomic E-state index is -0.919. The number of rotatable bonds is 5. The summed E-state index contributed by atoms with van der Waals surface area (Å²) in [5, 5.41) is 8.59. The molecule has 3 nitrogen and oxygen atoms in total. The number of anilines is 1. The van der Waals surface area contributed by atoms with Crippen molar-refractivity contribution in [2.75, 3.05) is 18.0 Å². The lowest BCUT2D eigenvalue weighted by Gasteiger charge is -2.21. The maximum absolute atomic E-state index is 10.5. The second-order valence-electron chi connectivity index (χ2n) is 3.88. The van der Waals surface area contributed by atoms with Crippen LogP contribution in [0.15, 0.2) is 24.3 Å². The first-order chi connectivity index (χ1) is 8.08. The first-order valence-electron chi connectivity index (χ1n) is 5.85. The number of hydrogen-bond donors (Lipinski definition) is 1. The van der Waals surface area contributed by atoms with Crippen molar-refractivity contribution in [1.29, 1.82) is 0 Å². The van der Waals surface area contributed by atoms with Crippen LogP contribution >= 0.6 is 0 Å². The van der Waals surface area contributed by atoms with Gasteiger partial charge in [0.15, 0.2) is 0 Å². The number of nitrogens with zero attached hydrogens (tertiary/aromatic N) is 1. The average Bonchev–Trinajstić information content (AvgIpc) is 2.29. The van der Waals surface area contributed by atoms with E-state index in [1.165, 1.54) is 11.8 Å². The molecule has 92 valence electrons. The van der Waals surface area contributed by atoms with Crippen molar-refractivity contribution < 1.29 is 9.90 Å². The summed E-state index contributed by atoms with van der Waals surface area (Å²) in [6.45, 7) is 8.18. The molecule has 0 atom stereocenters. The van der Waals surface area contributed by atoms with E-state index >= 15 is 0 Å². The summed E-state index contributed by atoms with van der Waals surface area (Å²) in [5.74, 6) is -0.919. The first kappa shape index (κ1) is 13.3. The maximum atomic E-state index is 10.5. The molecule has 1 N–H and O–H groups in total. The highest BCUT2D eigenvalue weighted by Crippen LogP contribution is 2.19. The lowest BCUT2D eigenvalue weighted by atomic mass is 10.1. The average molecular weight is 233 g/mol. The largest absolute Gasteiger partial charge is 0.478 e. The Morgan fingerprint density at radius 1 is 1.35 bits per heavy atom. The molecule has 0 fully saturated rings. The number of aryl methyl sites for hydroxylation is 1. The summed E-state index contributed by atoms with van der Waals surface area (Å²) in [6.07, 6.45) is 2.79. The third-order valence-electron chi connectivity index (χ3n) is 2.79. The van der Waals surface area contributed by atoms with E-state index in [9.17, 15) is 4.79 Å². The monoisotopic (exact) mass is 233 g/mol. The van der Waals surface area contributed by atoms with Gasteiger partial charge in [-0.3, -0.25) is 0 Å². The molecule has 0 bridgehead atoms. The minimum absolute atomic E-state index is 0.919. The predicted octanol–water partition coefficient (Wildman–Crippen LogP) is 2.94. The Morgan fingerprint density at radius 2 is 2.00 bits per heavy atom. The fourth-order valence-corrected chi connectivity index (χ4v) is 1.79. The lowest BCUT2D eigenvalue weighted by molar-refractivity contribution is -0.131. The van der Waals surface area contributed by atoms with Gasteiger partial charge in [0.25, 0.3) is 0 Å². The molecule has 17 heavy (non-hydrogen) atoms. The zero-order valence-electron chi connectivity index (χ0n) is 10.6. The molecule has 3 heteroatoms. The zero-order chi connectivity index (χ0) is 12.8. The normalized spacial score (nSPS) is 10.8. The quantitative estimate of drug-likeness (QED) is 0.795. The lowest BCUT2D eigenvalue weighted by Crippen LogP contribution is -2.21. The Labute approximate surface area is 102 Å². The molecule has 0 aliphatic rings. The number of carboxylic acid groups (broad SMARTS) is 1. The van der Waals surface area contributed by atoms with Crippen LogP contribution in [0.1, 0.15) is 25.0 Å². The molecule has 0 radical (unpaired) electrons. The van der Waals surface area contributed by atoms with Crippen LogP contribution in [0, 0.1) is 6.92 Å². The van der Waals surface area contributed by atoms with E-state index in [1.807, 2.05) is 19.1 Å². The molecule has 0 amide bonds. The van der Waals surface area contributed by atoms with Gasteiger partial charge in [0.2, 0.25) is 0 Å². The number of benzene rings is 1. The molecule has 0 aromatic heterocycles. The van der Waals surface area contributed by atoms with Crippen molar-refractivity contribution >= 4 is 17.7 Å². The summed E-state index contributed by atoms with van der Waals surface area (Å²) in [5.41, 5.74) is 3.22. The van der Waals surface area contributed by atoms with Crippen LogP contribution in [0.25, 0.3) is 6.08 Å². The molecule has 0 aliphatic carbocycles. The fraction of sp³-hybridized carbons (Fsp3) is 0.357. The summed E-state index contributed by atoms with van der Waals surface area (Å²) in [4.78, 5) is 12.7. The third kappa shape index (κ3) is 3.63. The van der Waals surface area contributed by atoms with Crippen LogP contribution in [0.4, 0.5) is 5.69 Å². The van der Waals surface area contributed by atoms with Gasteiger partial charge >= 0.3 is 5.97 Å². The summed E-state index contributed by atoms with van der Waals surface area (Å²) < 4.78 is 0. The van der Waals surface area contributed by atoms with Gasteiger partial charge in [0.05, 0.1) is 0 Å². The highest BCUT2D eigenvalue weighted by Gasteiger charge is 2.03. The van der Waals surface area contributed by atoms with Gasteiger partial charge < -0.3 is 10.0 Å². The van der Waals surface area contributed by atoms with E-state index in [4.69, 9.17) is 5.11 Å². The Bertz CT molecular complexity index is 420.